The van der Waals surface area contributed by atoms with E-state index >= 15 is 0 Å². The molecular formula is C15H21BrN2O. The maximum absolute atomic E-state index is 5.44. The van der Waals surface area contributed by atoms with E-state index in [0.717, 1.165) is 16.8 Å². The molecule has 0 spiro atoms. The molecule has 3 rings (SSSR count). The molecule has 0 saturated carbocycles. The maximum atomic E-state index is 5.44. The summed E-state index contributed by atoms with van der Waals surface area (Å²) in [6.45, 7) is 6.92. The molecule has 2 aliphatic heterocycles. The normalized spacial score (nSPS) is 29.5. The van der Waals surface area contributed by atoms with Gasteiger partial charge in [-0.05, 0) is 46.6 Å². The van der Waals surface area contributed by atoms with E-state index in [1.807, 2.05) is 0 Å². The SMILES string of the molecule is CCN1CCC2(C)c3cc(OC)cc(Br)c3N(C)C12. The fourth-order valence-electron chi connectivity index (χ4n) is 3.92. The van der Waals surface area contributed by atoms with Gasteiger partial charge in [0, 0.05) is 23.5 Å². The average Bonchev–Trinajstić information content (AvgIpc) is 2.84. The van der Waals surface area contributed by atoms with Crippen LogP contribution in [0.15, 0.2) is 16.6 Å². The number of ether oxygens (including phenoxy) is 1. The second-order valence-corrected chi connectivity index (χ2v) is 6.64. The Bertz CT molecular complexity index is 519. The fraction of sp³-hybridized carbons (Fsp3) is 0.600. The monoisotopic (exact) mass is 324 g/mol. The van der Waals surface area contributed by atoms with Crippen LogP contribution >= 0.6 is 15.9 Å². The zero-order chi connectivity index (χ0) is 13.8. The number of hydrogen-bond acceptors (Lipinski definition) is 3. The Hall–Kier alpha value is -0.740. The largest absolute Gasteiger partial charge is 0.497 e. The minimum Gasteiger partial charge on any atom is -0.497 e. The van der Waals surface area contributed by atoms with Crippen molar-refractivity contribution in [1.82, 2.24) is 4.90 Å². The molecule has 1 aromatic rings. The van der Waals surface area contributed by atoms with Crippen LogP contribution in [0.1, 0.15) is 25.8 Å². The van der Waals surface area contributed by atoms with Gasteiger partial charge in [-0.3, -0.25) is 4.90 Å². The van der Waals surface area contributed by atoms with Crippen LogP contribution in [0.2, 0.25) is 0 Å². The van der Waals surface area contributed by atoms with Crippen LogP contribution in [-0.2, 0) is 5.41 Å². The van der Waals surface area contributed by atoms with Crippen LogP contribution in [0.5, 0.6) is 5.75 Å². The summed E-state index contributed by atoms with van der Waals surface area (Å²) in [5.41, 5.74) is 2.95. The van der Waals surface area contributed by atoms with Crippen LogP contribution in [0.25, 0.3) is 0 Å². The number of benzene rings is 1. The van der Waals surface area contributed by atoms with Crippen LogP contribution in [0.3, 0.4) is 0 Å². The molecule has 0 radical (unpaired) electrons. The smallest absolute Gasteiger partial charge is 0.120 e. The van der Waals surface area contributed by atoms with Gasteiger partial charge in [-0.2, -0.15) is 0 Å². The van der Waals surface area contributed by atoms with E-state index in [0.29, 0.717) is 6.17 Å². The highest BCUT2D eigenvalue weighted by molar-refractivity contribution is 9.10. The third-order valence-electron chi connectivity index (χ3n) is 4.85. The quantitative estimate of drug-likeness (QED) is 0.830. The van der Waals surface area contributed by atoms with E-state index in [-0.39, 0.29) is 5.41 Å². The molecule has 0 amide bonds. The Labute approximate surface area is 123 Å². The highest BCUT2D eigenvalue weighted by Crippen LogP contribution is 2.54. The number of halogens is 1. The predicted molar refractivity (Wildman–Crippen MR) is 82.1 cm³/mol. The molecule has 2 atom stereocenters. The summed E-state index contributed by atoms with van der Waals surface area (Å²) >= 11 is 3.71. The van der Waals surface area contributed by atoms with E-state index in [4.69, 9.17) is 4.74 Å². The van der Waals surface area contributed by atoms with Gasteiger partial charge in [0.2, 0.25) is 0 Å². The number of methoxy groups -OCH3 is 1. The maximum Gasteiger partial charge on any atom is 0.120 e. The topological polar surface area (TPSA) is 15.7 Å². The number of fused-ring (bicyclic) bond motifs is 3. The van der Waals surface area contributed by atoms with Gasteiger partial charge in [-0.25, -0.2) is 0 Å². The van der Waals surface area contributed by atoms with Gasteiger partial charge in [-0.1, -0.05) is 13.8 Å². The molecule has 3 nitrogen and oxygen atoms in total. The Morgan fingerprint density at radius 2 is 2.21 bits per heavy atom. The molecule has 0 aliphatic carbocycles. The van der Waals surface area contributed by atoms with Gasteiger partial charge in [-0.15, -0.1) is 0 Å². The third-order valence-corrected chi connectivity index (χ3v) is 5.45. The van der Waals surface area contributed by atoms with Crippen molar-refractivity contribution in [2.75, 3.05) is 32.1 Å². The van der Waals surface area contributed by atoms with Gasteiger partial charge < -0.3 is 9.64 Å². The van der Waals surface area contributed by atoms with Crippen molar-refractivity contribution in [3.63, 3.8) is 0 Å². The van der Waals surface area contributed by atoms with Crippen molar-refractivity contribution >= 4 is 21.6 Å². The van der Waals surface area contributed by atoms with Crippen molar-refractivity contribution in [3.8, 4) is 5.75 Å². The number of likely N-dealkylation sites (N-methyl/N-ethyl adjacent to an activating group) is 2. The van der Waals surface area contributed by atoms with Crippen molar-refractivity contribution in [3.05, 3.63) is 22.2 Å². The lowest BCUT2D eigenvalue weighted by Gasteiger charge is -2.34. The molecule has 0 N–H and O–H groups in total. The molecule has 19 heavy (non-hydrogen) atoms. The molecule has 1 fully saturated rings. The number of nitrogens with zero attached hydrogens (tertiary/aromatic N) is 2. The summed E-state index contributed by atoms with van der Waals surface area (Å²) < 4.78 is 6.58. The van der Waals surface area contributed by atoms with Gasteiger partial charge in [0.15, 0.2) is 0 Å². The van der Waals surface area contributed by atoms with Crippen molar-refractivity contribution in [1.29, 1.82) is 0 Å². The average molecular weight is 325 g/mol. The first-order valence-electron chi connectivity index (χ1n) is 6.88. The lowest BCUT2D eigenvalue weighted by atomic mass is 9.81. The van der Waals surface area contributed by atoms with E-state index in [2.05, 4.69) is 58.8 Å². The molecule has 4 heteroatoms. The fourth-order valence-corrected chi connectivity index (χ4v) is 4.63. The molecule has 2 unspecified atom stereocenters. The molecule has 1 aromatic carbocycles. The second kappa shape index (κ2) is 4.38. The predicted octanol–water partition coefficient (Wildman–Crippen LogP) is 3.22. The molecule has 0 bridgehead atoms. The number of hydrogen-bond donors (Lipinski definition) is 0. The first-order valence-corrected chi connectivity index (χ1v) is 7.67. The Morgan fingerprint density at radius 1 is 1.47 bits per heavy atom. The van der Waals surface area contributed by atoms with Crippen LogP contribution < -0.4 is 9.64 Å². The number of rotatable bonds is 2. The van der Waals surface area contributed by atoms with E-state index in [9.17, 15) is 0 Å². The summed E-state index contributed by atoms with van der Waals surface area (Å²) in [5.74, 6) is 0.941. The van der Waals surface area contributed by atoms with Gasteiger partial charge in [0.1, 0.15) is 5.75 Å². The molecule has 0 aromatic heterocycles. The van der Waals surface area contributed by atoms with Crippen LogP contribution in [0.4, 0.5) is 5.69 Å². The van der Waals surface area contributed by atoms with Gasteiger partial charge in [0.25, 0.3) is 0 Å². The molecule has 2 heterocycles. The van der Waals surface area contributed by atoms with Gasteiger partial charge >= 0.3 is 0 Å². The summed E-state index contributed by atoms with van der Waals surface area (Å²) in [6, 6.07) is 4.28. The van der Waals surface area contributed by atoms with Crippen molar-refractivity contribution in [2.24, 2.45) is 0 Å². The first-order chi connectivity index (χ1) is 9.02. The Morgan fingerprint density at radius 3 is 2.84 bits per heavy atom. The molecule has 2 aliphatic rings. The van der Waals surface area contributed by atoms with E-state index in [1.54, 1.807) is 7.11 Å². The summed E-state index contributed by atoms with van der Waals surface area (Å²) in [4.78, 5) is 4.99. The van der Waals surface area contributed by atoms with E-state index < -0.39 is 0 Å². The lowest BCUT2D eigenvalue weighted by molar-refractivity contribution is 0.234. The summed E-state index contributed by atoms with van der Waals surface area (Å²) in [7, 11) is 3.94. The standard InChI is InChI=1S/C15H21BrN2O/c1-5-18-7-6-15(2)11-8-10(19-4)9-12(16)13(11)17(3)14(15)18/h8-9,14H,5-7H2,1-4H3. The Kier molecular flexibility index (Phi) is 3.06. The van der Waals surface area contributed by atoms with Crippen molar-refractivity contribution in [2.45, 2.75) is 31.8 Å². The zero-order valence-electron chi connectivity index (χ0n) is 12.0. The third kappa shape index (κ3) is 1.66. The number of anilines is 1. The second-order valence-electron chi connectivity index (χ2n) is 5.79. The summed E-state index contributed by atoms with van der Waals surface area (Å²) in [6.07, 6.45) is 1.68. The highest BCUT2D eigenvalue weighted by Gasteiger charge is 2.53. The summed E-state index contributed by atoms with van der Waals surface area (Å²) in [5, 5.41) is 0. The van der Waals surface area contributed by atoms with Crippen LogP contribution in [-0.4, -0.2) is 38.3 Å². The van der Waals surface area contributed by atoms with Crippen molar-refractivity contribution < 1.29 is 4.74 Å². The minimum absolute atomic E-state index is 0.206. The molecule has 104 valence electrons. The number of likely N-dealkylation sites (tertiary alicyclic amines) is 1. The van der Waals surface area contributed by atoms with Gasteiger partial charge in [0.05, 0.1) is 19.0 Å². The molecular weight excluding hydrogens is 304 g/mol. The zero-order valence-corrected chi connectivity index (χ0v) is 13.6. The minimum atomic E-state index is 0.206. The molecule has 1 saturated heterocycles. The first kappa shape index (κ1) is 13.3. The van der Waals surface area contributed by atoms with Crippen LogP contribution in [0, 0.1) is 0 Å². The lowest BCUT2D eigenvalue weighted by Crippen LogP contribution is -2.47. The Balaban J connectivity index is 2.17. The van der Waals surface area contributed by atoms with E-state index in [1.165, 1.54) is 24.2 Å². The highest BCUT2D eigenvalue weighted by atomic mass is 79.9.